The molecule has 6 nitrogen and oxygen atoms in total. The number of pyridine rings is 1. The summed E-state index contributed by atoms with van der Waals surface area (Å²) < 4.78 is 39.0. The van der Waals surface area contributed by atoms with E-state index in [1.807, 2.05) is 30.3 Å². The molecule has 32 heavy (non-hydrogen) atoms. The summed E-state index contributed by atoms with van der Waals surface area (Å²) in [5.74, 6) is -0.787. The SMILES string of the molecule is CCCS(=O)(=O)CCc1cc2c(Nc3ccccc3)c(C(=O)NC3CC3)cnc2cc1F. The molecule has 8 heteroatoms. The normalized spacial score (nSPS) is 13.8. The minimum Gasteiger partial charge on any atom is -0.354 e. The second-order valence-corrected chi connectivity index (χ2v) is 10.5. The molecule has 1 aromatic heterocycles. The minimum atomic E-state index is -3.25. The molecule has 0 atom stereocenters. The zero-order valence-electron chi connectivity index (χ0n) is 17.9. The Balaban J connectivity index is 1.77. The fourth-order valence-corrected chi connectivity index (χ4v) is 4.95. The van der Waals surface area contributed by atoms with Gasteiger partial charge >= 0.3 is 0 Å². The van der Waals surface area contributed by atoms with Crippen LogP contribution >= 0.6 is 0 Å². The predicted molar refractivity (Wildman–Crippen MR) is 125 cm³/mol. The number of aryl methyl sites for hydroxylation is 1. The van der Waals surface area contributed by atoms with Crippen molar-refractivity contribution >= 4 is 38.0 Å². The molecule has 1 aliphatic rings. The highest BCUT2D eigenvalue weighted by Crippen LogP contribution is 2.32. The van der Waals surface area contributed by atoms with E-state index in [2.05, 4.69) is 15.6 Å². The van der Waals surface area contributed by atoms with E-state index in [1.165, 1.54) is 12.3 Å². The number of fused-ring (bicyclic) bond motifs is 1. The minimum absolute atomic E-state index is 0.0629. The van der Waals surface area contributed by atoms with Gasteiger partial charge < -0.3 is 10.6 Å². The van der Waals surface area contributed by atoms with Crippen LogP contribution in [-0.4, -0.2) is 36.9 Å². The van der Waals surface area contributed by atoms with Crippen LogP contribution in [0.2, 0.25) is 0 Å². The maximum absolute atomic E-state index is 14.7. The fraction of sp³-hybridized carbons (Fsp3) is 0.333. The summed E-state index contributed by atoms with van der Waals surface area (Å²) >= 11 is 0. The third-order valence-electron chi connectivity index (χ3n) is 5.43. The van der Waals surface area contributed by atoms with Crippen molar-refractivity contribution in [3.8, 4) is 0 Å². The van der Waals surface area contributed by atoms with E-state index >= 15 is 0 Å². The van der Waals surface area contributed by atoms with E-state index in [0.29, 0.717) is 28.6 Å². The molecule has 0 radical (unpaired) electrons. The topological polar surface area (TPSA) is 88.2 Å². The number of nitrogens with one attached hydrogen (secondary N) is 2. The van der Waals surface area contributed by atoms with E-state index in [1.54, 1.807) is 13.0 Å². The molecule has 0 aliphatic heterocycles. The summed E-state index contributed by atoms with van der Waals surface area (Å²) in [6.07, 6.45) is 3.95. The summed E-state index contributed by atoms with van der Waals surface area (Å²) in [6, 6.07) is 12.5. The Morgan fingerprint density at radius 2 is 1.91 bits per heavy atom. The van der Waals surface area contributed by atoms with Crippen molar-refractivity contribution in [1.29, 1.82) is 0 Å². The molecule has 4 rings (SSSR count). The molecule has 1 fully saturated rings. The van der Waals surface area contributed by atoms with Gasteiger partial charge in [0.15, 0.2) is 9.84 Å². The van der Waals surface area contributed by atoms with Crippen LogP contribution in [0.25, 0.3) is 10.9 Å². The van der Waals surface area contributed by atoms with Crippen LogP contribution in [0, 0.1) is 5.82 Å². The van der Waals surface area contributed by atoms with Crippen molar-refractivity contribution < 1.29 is 17.6 Å². The van der Waals surface area contributed by atoms with Gasteiger partial charge in [-0.3, -0.25) is 9.78 Å². The monoisotopic (exact) mass is 455 g/mol. The number of para-hydroxylation sites is 1. The Morgan fingerprint density at radius 1 is 1.16 bits per heavy atom. The van der Waals surface area contributed by atoms with E-state index in [4.69, 9.17) is 0 Å². The van der Waals surface area contributed by atoms with Gasteiger partial charge in [-0.2, -0.15) is 0 Å². The van der Waals surface area contributed by atoms with Crippen molar-refractivity contribution in [3.05, 3.63) is 65.6 Å². The molecular formula is C24H26FN3O3S. The number of hydrogen-bond donors (Lipinski definition) is 2. The largest absolute Gasteiger partial charge is 0.354 e. The van der Waals surface area contributed by atoms with Gasteiger partial charge in [0.1, 0.15) is 5.82 Å². The second kappa shape index (κ2) is 9.24. The maximum Gasteiger partial charge on any atom is 0.255 e. The molecule has 0 unspecified atom stereocenters. The van der Waals surface area contributed by atoms with Gasteiger partial charge in [0.2, 0.25) is 0 Å². The number of aromatic nitrogens is 1. The standard InChI is InChI=1S/C24H26FN3O3S/c1-2-11-32(30,31)12-10-16-13-19-22(14-21(16)25)26-15-20(24(29)28-18-8-9-18)23(19)27-17-6-4-3-5-7-17/h3-7,13-15,18H,2,8-12H2,1H3,(H,26,27)(H,28,29). The van der Waals surface area contributed by atoms with Gasteiger partial charge in [0.25, 0.3) is 5.91 Å². The molecule has 0 saturated heterocycles. The van der Waals surface area contributed by atoms with E-state index in [0.717, 1.165) is 18.5 Å². The third-order valence-corrected chi connectivity index (χ3v) is 7.29. The summed E-state index contributed by atoms with van der Waals surface area (Å²) in [6.45, 7) is 1.80. The molecule has 1 aliphatic carbocycles. The summed E-state index contributed by atoms with van der Waals surface area (Å²) in [5, 5.41) is 6.83. The van der Waals surface area contributed by atoms with Crippen LogP contribution in [0.4, 0.5) is 15.8 Å². The number of nitrogens with zero attached hydrogens (tertiary/aromatic N) is 1. The van der Waals surface area contributed by atoms with E-state index in [9.17, 15) is 17.6 Å². The number of benzene rings is 2. The Labute approximate surface area is 187 Å². The lowest BCUT2D eigenvalue weighted by atomic mass is 10.0. The van der Waals surface area contributed by atoms with Crippen molar-refractivity contribution in [1.82, 2.24) is 10.3 Å². The summed E-state index contributed by atoms with van der Waals surface area (Å²) in [4.78, 5) is 17.2. The van der Waals surface area contributed by atoms with Gasteiger partial charge in [-0.15, -0.1) is 0 Å². The highest BCUT2D eigenvalue weighted by atomic mass is 32.2. The zero-order chi connectivity index (χ0) is 22.7. The van der Waals surface area contributed by atoms with Gasteiger partial charge in [0.05, 0.1) is 22.5 Å². The summed E-state index contributed by atoms with van der Waals surface area (Å²) in [5.41, 5.74) is 2.34. The van der Waals surface area contributed by atoms with Crippen molar-refractivity contribution in [2.75, 3.05) is 16.8 Å². The predicted octanol–water partition coefficient (Wildman–Crippen LogP) is 4.38. The highest BCUT2D eigenvalue weighted by molar-refractivity contribution is 7.91. The van der Waals surface area contributed by atoms with E-state index < -0.39 is 15.7 Å². The molecule has 3 aromatic rings. The Kier molecular flexibility index (Phi) is 6.41. The number of carbonyl (C=O) groups excluding carboxylic acids is 1. The zero-order valence-corrected chi connectivity index (χ0v) is 18.7. The lowest BCUT2D eigenvalue weighted by molar-refractivity contribution is 0.0951. The molecule has 1 heterocycles. The smallest absolute Gasteiger partial charge is 0.255 e. The first-order chi connectivity index (χ1) is 15.4. The van der Waals surface area contributed by atoms with Crippen molar-refractivity contribution in [2.45, 2.75) is 38.6 Å². The average Bonchev–Trinajstić information content (AvgIpc) is 3.57. The second-order valence-electron chi connectivity index (χ2n) is 8.15. The Morgan fingerprint density at radius 3 is 2.59 bits per heavy atom. The number of amides is 1. The number of rotatable bonds is 9. The highest BCUT2D eigenvalue weighted by Gasteiger charge is 2.26. The maximum atomic E-state index is 14.7. The number of anilines is 2. The first-order valence-electron chi connectivity index (χ1n) is 10.8. The van der Waals surface area contributed by atoms with Crippen LogP contribution in [0.3, 0.4) is 0 Å². The molecule has 1 saturated carbocycles. The molecule has 2 aromatic carbocycles. The number of carbonyl (C=O) groups is 1. The number of halogens is 1. The van der Waals surface area contributed by atoms with Gasteiger partial charge in [-0.1, -0.05) is 25.1 Å². The average molecular weight is 456 g/mol. The Bertz CT molecular complexity index is 1240. The molecule has 0 bridgehead atoms. The molecule has 0 spiro atoms. The first-order valence-corrected chi connectivity index (χ1v) is 12.6. The third kappa shape index (κ3) is 5.24. The van der Waals surface area contributed by atoms with Crippen LogP contribution in [0.15, 0.2) is 48.7 Å². The Hall–Kier alpha value is -3.00. The van der Waals surface area contributed by atoms with Crippen molar-refractivity contribution in [2.24, 2.45) is 0 Å². The molecule has 1 amide bonds. The molecule has 2 N–H and O–H groups in total. The van der Waals surface area contributed by atoms with Crippen molar-refractivity contribution in [3.63, 3.8) is 0 Å². The number of hydrogen-bond acceptors (Lipinski definition) is 5. The molecule has 168 valence electrons. The van der Waals surface area contributed by atoms with Crippen LogP contribution < -0.4 is 10.6 Å². The van der Waals surface area contributed by atoms with E-state index in [-0.39, 0.29) is 35.4 Å². The van der Waals surface area contributed by atoms with Gasteiger partial charge in [0, 0.05) is 35.1 Å². The van der Waals surface area contributed by atoms with Gasteiger partial charge in [-0.25, -0.2) is 12.8 Å². The fourth-order valence-electron chi connectivity index (χ4n) is 3.59. The number of sulfone groups is 1. The van der Waals surface area contributed by atoms with Crippen LogP contribution in [0.5, 0.6) is 0 Å². The molecular weight excluding hydrogens is 429 g/mol. The lowest BCUT2D eigenvalue weighted by Gasteiger charge is -2.16. The van der Waals surface area contributed by atoms with Gasteiger partial charge in [-0.05, 0) is 49.4 Å². The lowest BCUT2D eigenvalue weighted by Crippen LogP contribution is -2.26. The van der Waals surface area contributed by atoms with Crippen LogP contribution in [0.1, 0.15) is 42.1 Å². The first kappa shape index (κ1) is 22.2. The quantitative estimate of drug-likeness (QED) is 0.500. The van der Waals surface area contributed by atoms with Crippen LogP contribution in [-0.2, 0) is 16.3 Å². The summed E-state index contributed by atoms with van der Waals surface area (Å²) in [7, 11) is -3.25.